The number of nitrogens with one attached hydrogen (secondary N) is 2. The third kappa shape index (κ3) is 4.23. The molecule has 2 amide bonds. The molecular formula is C20H26FN3O4. The van der Waals surface area contributed by atoms with E-state index in [2.05, 4.69) is 10.6 Å². The van der Waals surface area contributed by atoms with Gasteiger partial charge in [0.25, 0.3) is 11.8 Å². The number of rotatable bonds is 6. The lowest BCUT2D eigenvalue weighted by Crippen LogP contribution is -2.38. The van der Waals surface area contributed by atoms with Crippen molar-refractivity contribution in [1.82, 2.24) is 9.88 Å². The van der Waals surface area contributed by atoms with Crippen LogP contribution < -0.4 is 10.6 Å². The first-order valence-electron chi connectivity index (χ1n) is 8.91. The average molecular weight is 391 g/mol. The summed E-state index contributed by atoms with van der Waals surface area (Å²) in [7, 11) is 1.66. The van der Waals surface area contributed by atoms with Crippen LogP contribution in [0, 0.1) is 26.6 Å². The predicted octanol–water partition coefficient (Wildman–Crippen LogP) is 1.87. The van der Waals surface area contributed by atoms with E-state index in [0.29, 0.717) is 33.8 Å². The molecule has 0 bridgehead atoms. The summed E-state index contributed by atoms with van der Waals surface area (Å²) in [6.07, 6.45) is -1.49. The zero-order chi connectivity index (χ0) is 21.2. The Morgan fingerprint density at radius 2 is 1.89 bits per heavy atom. The highest BCUT2D eigenvalue weighted by Gasteiger charge is 2.29. The average Bonchev–Trinajstić information content (AvgIpc) is 2.86. The van der Waals surface area contributed by atoms with Crippen LogP contribution in [0.5, 0.6) is 0 Å². The van der Waals surface area contributed by atoms with Crippen LogP contribution in [0.3, 0.4) is 0 Å². The Balaban J connectivity index is 2.33. The first-order valence-corrected chi connectivity index (χ1v) is 8.91. The molecule has 0 saturated carbocycles. The van der Waals surface area contributed by atoms with Crippen molar-refractivity contribution in [3.8, 4) is 0 Å². The van der Waals surface area contributed by atoms with Crippen LogP contribution in [-0.2, 0) is 11.8 Å². The lowest BCUT2D eigenvalue weighted by molar-refractivity contribution is -0.130. The largest absolute Gasteiger partial charge is 0.394 e. The Hall–Kier alpha value is -2.71. The van der Waals surface area contributed by atoms with E-state index in [1.165, 1.54) is 18.2 Å². The van der Waals surface area contributed by atoms with Gasteiger partial charge in [0.15, 0.2) is 6.10 Å². The van der Waals surface area contributed by atoms with Gasteiger partial charge >= 0.3 is 0 Å². The number of halogens is 1. The van der Waals surface area contributed by atoms with Gasteiger partial charge in [-0.15, -0.1) is 0 Å². The second-order valence-corrected chi connectivity index (χ2v) is 6.94. The molecule has 1 heterocycles. The minimum Gasteiger partial charge on any atom is -0.394 e. The zero-order valence-corrected chi connectivity index (χ0v) is 16.6. The normalized spacial score (nSPS) is 13.1. The van der Waals surface area contributed by atoms with Gasteiger partial charge in [-0.2, -0.15) is 0 Å². The second kappa shape index (κ2) is 8.53. The maximum Gasteiger partial charge on any atom is 0.257 e. The lowest BCUT2D eigenvalue weighted by Gasteiger charge is -2.17. The van der Waals surface area contributed by atoms with E-state index in [0.717, 1.165) is 0 Å². The second-order valence-electron chi connectivity index (χ2n) is 6.94. The number of hydrogen-bond donors (Lipinski definition) is 4. The molecule has 7 nitrogen and oxygen atoms in total. The molecule has 2 atom stereocenters. The van der Waals surface area contributed by atoms with E-state index in [4.69, 9.17) is 5.11 Å². The molecule has 0 spiro atoms. The third-order valence-corrected chi connectivity index (χ3v) is 4.80. The molecule has 1 aromatic carbocycles. The molecule has 0 aliphatic heterocycles. The van der Waals surface area contributed by atoms with Crippen LogP contribution in [0.1, 0.15) is 45.9 Å². The van der Waals surface area contributed by atoms with Crippen molar-refractivity contribution >= 4 is 17.5 Å². The van der Waals surface area contributed by atoms with E-state index in [1.807, 2.05) is 0 Å². The Bertz CT molecular complexity index is 907. The number of amides is 2. The third-order valence-electron chi connectivity index (χ3n) is 4.80. The topological polar surface area (TPSA) is 104 Å². The predicted molar refractivity (Wildman–Crippen MR) is 104 cm³/mol. The van der Waals surface area contributed by atoms with Crippen molar-refractivity contribution in [2.75, 3.05) is 11.9 Å². The summed E-state index contributed by atoms with van der Waals surface area (Å²) in [4.78, 5) is 25.0. The fraction of sp³-hybridized carbons (Fsp3) is 0.400. The summed E-state index contributed by atoms with van der Waals surface area (Å²) in [6, 6.07) is 3.76. The summed E-state index contributed by atoms with van der Waals surface area (Å²) in [5, 5.41) is 24.8. The number of aliphatic hydroxyl groups is 2. The minimum atomic E-state index is -1.49. The number of aryl methyl sites for hydroxylation is 1. The van der Waals surface area contributed by atoms with E-state index in [1.54, 1.807) is 39.3 Å². The minimum absolute atomic E-state index is 0.256. The van der Waals surface area contributed by atoms with Gasteiger partial charge in [0, 0.05) is 24.5 Å². The highest BCUT2D eigenvalue weighted by molar-refractivity contribution is 6.06. The molecule has 1 unspecified atom stereocenters. The van der Waals surface area contributed by atoms with Crippen molar-refractivity contribution in [3.63, 3.8) is 0 Å². The van der Waals surface area contributed by atoms with Gasteiger partial charge in [-0.05, 0) is 57.0 Å². The fourth-order valence-corrected chi connectivity index (χ4v) is 3.13. The van der Waals surface area contributed by atoms with Crippen molar-refractivity contribution < 1.29 is 24.2 Å². The molecule has 4 N–H and O–H groups in total. The quantitative estimate of drug-likeness (QED) is 0.604. The zero-order valence-electron chi connectivity index (χ0n) is 16.6. The van der Waals surface area contributed by atoms with E-state index in [9.17, 15) is 19.1 Å². The summed E-state index contributed by atoms with van der Waals surface area (Å²) >= 11 is 0. The highest BCUT2D eigenvalue weighted by Crippen LogP contribution is 2.27. The van der Waals surface area contributed by atoms with Crippen molar-refractivity contribution in [3.05, 3.63) is 52.1 Å². The summed E-state index contributed by atoms with van der Waals surface area (Å²) in [5.74, 6) is -1.44. The van der Waals surface area contributed by atoms with Crippen LogP contribution in [-0.4, -0.2) is 39.2 Å². The van der Waals surface area contributed by atoms with Crippen molar-refractivity contribution in [2.24, 2.45) is 7.05 Å². The molecule has 0 aliphatic carbocycles. The van der Waals surface area contributed by atoms with Gasteiger partial charge in [-0.25, -0.2) is 4.39 Å². The molecular weight excluding hydrogens is 365 g/mol. The number of benzene rings is 1. The number of hydrogen-bond acceptors (Lipinski definition) is 4. The molecule has 28 heavy (non-hydrogen) atoms. The fourth-order valence-electron chi connectivity index (χ4n) is 3.13. The van der Waals surface area contributed by atoms with Crippen LogP contribution in [0.2, 0.25) is 0 Å². The van der Waals surface area contributed by atoms with Crippen LogP contribution in [0.4, 0.5) is 10.1 Å². The highest BCUT2D eigenvalue weighted by atomic mass is 19.1. The first kappa shape index (κ1) is 21.6. The van der Waals surface area contributed by atoms with Crippen LogP contribution >= 0.6 is 0 Å². The van der Waals surface area contributed by atoms with Gasteiger partial charge in [0.05, 0.1) is 17.9 Å². The van der Waals surface area contributed by atoms with Crippen molar-refractivity contribution in [1.29, 1.82) is 0 Å². The number of carbonyl (C=O) groups excluding carboxylic acids is 2. The smallest absolute Gasteiger partial charge is 0.257 e. The Morgan fingerprint density at radius 3 is 2.46 bits per heavy atom. The SMILES string of the molecule is Cc1cc(NC(=O)c2c(C)c(C(O)C(=O)N[C@@H](C)CO)n(C)c2C)ccc1F. The monoisotopic (exact) mass is 391 g/mol. The Kier molecular flexibility index (Phi) is 6.58. The van der Waals surface area contributed by atoms with E-state index < -0.39 is 24.0 Å². The number of carbonyl (C=O) groups is 2. The molecule has 2 rings (SSSR count). The number of nitrogens with zero attached hydrogens (tertiary/aromatic N) is 1. The molecule has 0 aliphatic rings. The molecule has 152 valence electrons. The van der Waals surface area contributed by atoms with Gasteiger partial charge in [0.1, 0.15) is 5.82 Å². The summed E-state index contributed by atoms with van der Waals surface area (Å²) < 4.78 is 15.0. The summed E-state index contributed by atoms with van der Waals surface area (Å²) in [6.45, 7) is 6.32. The number of aromatic nitrogens is 1. The number of aliphatic hydroxyl groups excluding tert-OH is 2. The molecule has 1 aromatic heterocycles. The van der Waals surface area contributed by atoms with E-state index >= 15 is 0 Å². The first-order chi connectivity index (χ1) is 13.1. The molecule has 0 saturated heterocycles. The molecule has 0 radical (unpaired) electrons. The Labute approximate surface area is 163 Å². The maximum absolute atomic E-state index is 13.4. The summed E-state index contributed by atoms with van der Waals surface area (Å²) in [5.41, 5.74) is 2.52. The van der Waals surface area contributed by atoms with Crippen LogP contribution in [0.15, 0.2) is 18.2 Å². The Morgan fingerprint density at radius 1 is 1.25 bits per heavy atom. The van der Waals surface area contributed by atoms with Crippen LogP contribution in [0.25, 0.3) is 0 Å². The lowest BCUT2D eigenvalue weighted by atomic mass is 10.1. The molecule has 8 heteroatoms. The van der Waals surface area contributed by atoms with E-state index in [-0.39, 0.29) is 12.4 Å². The van der Waals surface area contributed by atoms with Gasteiger partial charge < -0.3 is 25.4 Å². The standard InChI is InChI=1S/C20H26FN3O4/c1-10-8-14(6-7-15(10)21)23-19(27)16-12(3)17(24(5)13(16)4)18(26)20(28)22-11(2)9-25/h6-8,11,18,25-26H,9H2,1-5H3,(H,22,28)(H,23,27)/t11-,18?/m0/s1. The van der Waals surface area contributed by atoms with Crippen molar-refractivity contribution in [2.45, 2.75) is 39.8 Å². The van der Waals surface area contributed by atoms with Gasteiger partial charge in [-0.1, -0.05) is 0 Å². The molecule has 2 aromatic rings. The maximum atomic E-state index is 13.4. The van der Waals surface area contributed by atoms with Gasteiger partial charge in [0.2, 0.25) is 0 Å². The van der Waals surface area contributed by atoms with Gasteiger partial charge in [-0.3, -0.25) is 9.59 Å². The number of anilines is 1. The molecule has 0 fully saturated rings.